The molecule has 0 saturated heterocycles. The SMILES string of the molecule is COCC1CCC([NH3+])(C(=O)OC)C1. The molecule has 0 aromatic heterocycles. The molecule has 4 nitrogen and oxygen atoms in total. The Hall–Kier alpha value is -0.610. The van der Waals surface area contributed by atoms with Crippen LogP contribution in [0.2, 0.25) is 0 Å². The Labute approximate surface area is 78.4 Å². The lowest BCUT2D eigenvalue weighted by atomic mass is 9.98. The van der Waals surface area contributed by atoms with Gasteiger partial charge in [0.1, 0.15) is 0 Å². The molecule has 13 heavy (non-hydrogen) atoms. The molecule has 2 unspecified atom stereocenters. The van der Waals surface area contributed by atoms with Crippen molar-refractivity contribution in [1.29, 1.82) is 0 Å². The van der Waals surface area contributed by atoms with Crippen molar-refractivity contribution in [3.8, 4) is 0 Å². The van der Waals surface area contributed by atoms with Gasteiger partial charge in [0.25, 0.3) is 0 Å². The summed E-state index contributed by atoms with van der Waals surface area (Å²) >= 11 is 0. The van der Waals surface area contributed by atoms with E-state index >= 15 is 0 Å². The zero-order valence-corrected chi connectivity index (χ0v) is 8.34. The topological polar surface area (TPSA) is 63.2 Å². The van der Waals surface area contributed by atoms with Gasteiger partial charge in [-0.15, -0.1) is 0 Å². The number of esters is 1. The van der Waals surface area contributed by atoms with E-state index in [4.69, 9.17) is 9.47 Å². The zero-order chi connectivity index (χ0) is 9.90. The molecule has 1 rings (SSSR count). The Balaban J connectivity index is 2.50. The van der Waals surface area contributed by atoms with Gasteiger partial charge in [-0.2, -0.15) is 0 Å². The third-order valence-electron chi connectivity index (χ3n) is 2.73. The Bertz CT molecular complexity index is 195. The number of rotatable bonds is 3. The number of carbonyl (C=O) groups excluding carboxylic acids is 1. The van der Waals surface area contributed by atoms with E-state index < -0.39 is 5.54 Å². The summed E-state index contributed by atoms with van der Waals surface area (Å²) < 4.78 is 9.77. The fourth-order valence-corrected chi connectivity index (χ4v) is 2.02. The van der Waals surface area contributed by atoms with E-state index in [9.17, 15) is 4.79 Å². The summed E-state index contributed by atoms with van der Waals surface area (Å²) in [7, 11) is 3.10. The number of hydrogen-bond donors (Lipinski definition) is 1. The maximum absolute atomic E-state index is 11.4. The number of quaternary nitrogens is 1. The van der Waals surface area contributed by atoms with Gasteiger partial charge < -0.3 is 15.2 Å². The smallest absolute Gasteiger partial charge is 0.367 e. The molecule has 0 aliphatic heterocycles. The lowest BCUT2D eigenvalue weighted by molar-refractivity contribution is -0.461. The summed E-state index contributed by atoms with van der Waals surface area (Å²) in [6.07, 6.45) is 2.60. The van der Waals surface area contributed by atoms with Gasteiger partial charge in [-0.3, -0.25) is 0 Å². The minimum absolute atomic E-state index is 0.189. The van der Waals surface area contributed by atoms with Crippen LogP contribution in [-0.4, -0.2) is 32.3 Å². The number of hydrogen-bond acceptors (Lipinski definition) is 3. The monoisotopic (exact) mass is 188 g/mol. The lowest BCUT2D eigenvalue weighted by Gasteiger charge is -2.16. The van der Waals surface area contributed by atoms with Crippen molar-refractivity contribution < 1.29 is 20.0 Å². The molecule has 0 heterocycles. The Morgan fingerprint density at radius 1 is 1.62 bits per heavy atom. The second kappa shape index (κ2) is 4.07. The lowest BCUT2D eigenvalue weighted by Crippen LogP contribution is -2.75. The van der Waals surface area contributed by atoms with Crippen molar-refractivity contribution >= 4 is 5.97 Å². The van der Waals surface area contributed by atoms with Crippen molar-refractivity contribution in [1.82, 2.24) is 0 Å². The quantitative estimate of drug-likeness (QED) is 0.612. The van der Waals surface area contributed by atoms with Crippen LogP contribution >= 0.6 is 0 Å². The second-order valence-corrected chi connectivity index (χ2v) is 3.84. The summed E-state index contributed by atoms with van der Waals surface area (Å²) in [4.78, 5) is 11.4. The average molecular weight is 188 g/mol. The molecule has 1 aliphatic carbocycles. The van der Waals surface area contributed by atoms with Crippen LogP contribution in [0.3, 0.4) is 0 Å². The van der Waals surface area contributed by atoms with E-state index in [0.29, 0.717) is 12.5 Å². The van der Waals surface area contributed by atoms with Crippen LogP contribution in [-0.2, 0) is 14.3 Å². The maximum Gasteiger partial charge on any atom is 0.367 e. The molecule has 1 saturated carbocycles. The van der Waals surface area contributed by atoms with Crippen LogP contribution in [0, 0.1) is 5.92 Å². The van der Waals surface area contributed by atoms with E-state index in [2.05, 4.69) is 5.73 Å². The first-order chi connectivity index (χ1) is 6.12. The fraction of sp³-hybridized carbons (Fsp3) is 0.889. The van der Waals surface area contributed by atoms with Crippen molar-refractivity contribution in [2.24, 2.45) is 5.92 Å². The molecule has 0 bridgehead atoms. The summed E-state index contributed by atoms with van der Waals surface area (Å²) in [5.74, 6) is 0.271. The van der Waals surface area contributed by atoms with E-state index in [0.717, 1.165) is 19.3 Å². The van der Waals surface area contributed by atoms with Crippen molar-refractivity contribution in [3.05, 3.63) is 0 Å². The van der Waals surface area contributed by atoms with Gasteiger partial charge >= 0.3 is 5.97 Å². The predicted octanol–water partition coefficient (Wildman–Crippen LogP) is -0.413. The maximum atomic E-state index is 11.4. The summed E-state index contributed by atoms with van der Waals surface area (Å²) in [6.45, 7) is 0.717. The van der Waals surface area contributed by atoms with E-state index in [1.807, 2.05) is 0 Å². The number of methoxy groups -OCH3 is 2. The van der Waals surface area contributed by atoms with Gasteiger partial charge in [0, 0.05) is 26.6 Å². The standard InChI is InChI=1S/C9H17NO3/c1-12-6-7-3-4-9(10,5-7)8(11)13-2/h7H,3-6,10H2,1-2H3/p+1. The molecule has 0 aromatic carbocycles. The predicted molar refractivity (Wildman–Crippen MR) is 46.9 cm³/mol. The largest absolute Gasteiger partial charge is 0.464 e. The minimum Gasteiger partial charge on any atom is -0.464 e. The first kappa shape index (κ1) is 10.5. The minimum atomic E-state index is -0.516. The van der Waals surface area contributed by atoms with Gasteiger partial charge in [0.2, 0.25) is 0 Å². The molecule has 4 heteroatoms. The molecule has 76 valence electrons. The summed E-state index contributed by atoms with van der Waals surface area (Å²) in [6, 6.07) is 0. The van der Waals surface area contributed by atoms with E-state index in [1.165, 1.54) is 7.11 Å². The van der Waals surface area contributed by atoms with Gasteiger partial charge in [-0.1, -0.05) is 0 Å². The first-order valence-electron chi connectivity index (χ1n) is 4.55. The third-order valence-corrected chi connectivity index (χ3v) is 2.73. The third kappa shape index (κ3) is 2.19. The summed E-state index contributed by atoms with van der Waals surface area (Å²) in [5, 5.41) is 0. The van der Waals surface area contributed by atoms with E-state index in [1.54, 1.807) is 7.11 Å². The van der Waals surface area contributed by atoms with Crippen LogP contribution in [0.25, 0.3) is 0 Å². The van der Waals surface area contributed by atoms with Crippen molar-refractivity contribution in [2.75, 3.05) is 20.8 Å². The molecule has 3 N–H and O–H groups in total. The fourth-order valence-electron chi connectivity index (χ4n) is 2.02. The molecule has 0 spiro atoms. The molecular weight excluding hydrogens is 170 g/mol. The highest BCUT2D eigenvalue weighted by Crippen LogP contribution is 2.32. The molecule has 1 fully saturated rings. The molecule has 0 amide bonds. The Morgan fingerprint density at radius 2 is 2.31 bits per heavy atom. The molecular formula is C9H18NO3+. The van der Waals surface area contributed by atoms with Crippen molar-refractivity contribution in [3.63, 3.8) is 0 Å². The van der Waals surface area contributed by atoms with Gasteiger partial charge in [-0.25, -0.2) is 4.79 Å². The number of ether oxygens (including phenoxy) is 2. The van der Waals surface area contributed by atoms with Crippen LogP contribution < -0.4 is 5.73 Å². The van der Waals surface area contributed by atoms with Crippen molar-refractivity contribution in [2.45, 2.75) is 24.8 Å². The van der Waals surface area contributed by atoms with Gasteiger partial charge in [0.15, 0.2) is 5.54 Å². The van der Waals surface area contributed by atoms with E-state index in [-0.39, 0.29) is 5.97 Å². The normalized spacial score (nSPS) is 33.3. The first-order valence-corrected chi connectivity index (χ1v) is 4.55. The van der Waals surface area contributed by atoms with Crippen LogP contribution in [0.4, 0.5) is 0 Å². The van der Waals surface area contributed by atoms with Gasteiger partial charge in [0.05, 0.1) is 7.11 Å². The molecule has 0 radical (unpaired) electrons. The summed E-state index contributed by atoms with van der Waals surface area (Å²) in [5.41, 5.74) is 3.43. The van der Waals surface area contributed by atoms with Gasteiger partial charge in [-0.05, 0) is 12.3 Å². The molecule has 0 aromatic rings. The highest BCUT2D eigenvalue weighted by molar-refractivity contribution is 5.79. The average Bonchev–Trinajstić information content (AvgIpc) is 2.48. The van der Waals surface area contributed by atoms with Crippen LogP contribution in [0.5, 0.6) is 0 Å². The highest BCUT2D eigenvalue weighted by atomic mass is 16.5. The molecule has 2 atom stereocenters. The zero-order valence-electron chi connectivity index (χ0n) is 8.34. The van der Waals surface area contributed by atoms with Crippen LogP contribution in [0.1, 0.15) is 19.3 Å². The Morgan fingerprint density at radius 3 is 2.85 bits per heavy atom. The highest BCUT2D eigenvalue weighted by Gasteiger charge is 2.46. The Kier molecular flexibility index (Phi) is 3.27. The second-order valence-electron chi connectivity index (χ2n) is 3.84. The molecule has 1 aliphatic rings. The number of carbonyl (C=O) groups is 1. The van der Waals surface area contributed by atoms with Crippen LogP contribution in [0.15, 0.2) is 0 Å².